The first-order valence-electron chi connectivity index (χ1n) is 18.3. The molecule has 0 saturated heterocycles. The molecule has 0 atom stereocenters. The summed E-state index contributed by atoms with van der Waals surface area (Å²) in [5, 5.41) is 5.02. The van der Waals surface area contributed by atoms with Gasteiger partial charge in [0.25, 0.3) is 0 Å². The molecule has 0 unspecified atom stereocenters. The normalized spacial score (nSPS) is 13.2. The Morgan fingerprint density at radius 3 is 1.70 bits per heavy atom. The summed E-state index contributed by atoms with van der Waals surface area (Å²) < 4.78 is 4.83. The first-order chi connectivity index (χ1) is 26.1. The molecule has 0 aliphatic heterocycles. The summed E-state index contributed by atoms with van der Waals surface area (Å²) in [5.74, 6) is 0.750. The van der Waals surface area contributed by atoms with Crippen molar-refractivity contribution < 1.29 is 0 Å². The van der Waals surface area contributed by atoms with E-state index in [1.165, 1.54) is 54.7 Å². The molecule has 0 bridgehead atoms. The number of rotatable bonds is 4. The lowest BCUT2D eigenvalue weighted by molar-refractivity contribution is 0.636. The fraction of sp³-hybridized carbons (Fsp3) is 0.0612. The van der Waals surface area contributed by atoms with E-state index in [1.54, 1.807) is 0 Å². The smallest absolute Gasteiger partial charge is 0.160 e. The minimum Gasteiger partial charge on any atom is -0.309 e. The van der Waals surface area contributed by atoms with Crippen LogP contribution in [0.25, 0.3) is 88.8 Å². The second kappa shape index (κ2) is 11.1. The van der Waals surface area contributed by atoms with Gasteiger partial charge in [0.15, 0.2) is 5.82 Å². The highest BCUT2D eigenvalue weighted by Crippen LogP contribution is 2.51. The summed E-state index contributed by atoms with van der Waals surface area (Å²) in [4.78, 5) is 10.7. The molecule has 1 aliphatic rings. The van der Waals surface area contributed by atoms with E-state index in [2.05, 4.69) is 187 Å². The SMILES string of the molecule is CC1(C)c2ccccc2-c2c(-c3cccc(-n4c5ccccc5c5c6c7ccccc7n(-c7ccccc7)c6ccc54)c3)nc(-c3ccccc3)nc21. The third-order valence-corrected chi connectivity index (χ3v) is 11.3. The average molecular weight is 679 g/mol. The molecule has 0 amide bonds. The van der Waals surface area contributed by atoms with Gasteiger partial charge in [0.2, 0.25) is 0 Å². The maximum absolute atomic E-state index is 5.38. The molecule has 4 heteroatoms. The van der Waals surface area contributed by atoms with Crippen molar-refractivity contribution in [1.29, 1.82) is 0 Å². The third-order valence-electron chi connectivity index (χ3n) is 11.3. The number of aromatic nitrogens is 4. The van der Waals surface area contributed by atoms with Crippen LogP contribution < -0.4 is 0 Å². The van der Waals surface area contributed by atoms with Crippen molar-refractivity contribution in [3.05, 3.63) is 181 Å². The summed E-state index contributed by atoms with van der Waals surface area (Å²) >= 11 is 0. The molecule has 7 aromatic carbocycles. The van der Waals surface area contributed by atoms with Gasteiger partial charge in [0.1, 0.15) is 0 Å². The summed E-state index contributed by atoms with van der Waals surface area (Å²) in [6.45, 7) is 4.57. The van der Waals surface area contributed by atoms with Crippen LogP contribution in [0.15, 0.2) is 170 Å². The van der Waals surface area contributed by atoms with Crippen molar-refractivity contribution in [1.82, 2.24) is 19.1 Å². The van der Waals surface area contributed by atoms with E-state index >= 15 is 0 Å². The Bertz CT molecular complexity index is 3080. The number of hydrogen-bond acceptors (Lipinski definition) is 2. The van der Waals surface area contributed by atoms with E-state index in [4.69, 9.17) is 9.97 Å². The molecule has 11 rings (SSSR count). The Morgan fingerprint density at radius 2 is 1.00 bits per heavy atom. The van der Waals surface area contributed by atoms with Crippen LogP contribution in [0.5, 0.6) is 0 Å². The van der Waals surface area contributed by atoms with E-state index in [1.807, 2.05) is 6.07 Å². The molecule has 0 spiro atoms. The maximum Gasteiger partial charge on any atom is 0.160 e. The van der Waals surface area contributed by atoms with Crippen LogP contribution in [0, 0.1) is 0 Å². The first kappa shape index (κ1) is 29.9. The highest BCUT2D eigenvalue weighted by Gasteiger charge is 2.39. The van der Waals surface area contributed by atoms with Crippen LogP contribution in [-0.2, 0) is 5.41 Å². The number of benzene rings is 7. The fourth-order valence-corrected chi connectivity index (χ4v) is 8.91. The van der Waals surface area contributed by atoms with E-state index in [0.29, 0.717) is 0 Å². The first-order valence-corrected chi connectivity index (χ1v) is 18.3. The summed E-state index contributed by atoms with van der Waals surface area (Å²) in [7, 11) is 0. The molecule has 10 aromatic rings. The lowest BCUT2D eigenvalue weighted by atomic mass is 9.85. The number of nitrogens with zero attached hydrogens (tertiary/aromatic N) is 4. The zero-order chi connectivity index (χ0) is 35.3. The second-order valence-corrected chi connectivity index (χ2v) is 14.6. The van der Waals surface area contributed by atoms with Gasteiger partial charge in [-0.3, -0.25) is 0 Å². The van der Waals surface area contributed by atoms with Crippen molar-refractivity contribution in [2.75, 3.05) is 0 Å². The Morgan fingerprint density at radius 1 is 0.453 bits per heavy atom. The van der Waals surface area contributed by atoms with Gasteiger partial charge in [-0.05, 0) is 59.7 Å². The van der Waals surface area contributed by atoms with Crippen LogP contribution >= 0.6 is 0 Å². The molecule has 3 heterocycles. The van der Waals surface area contributed by atoms with E-state index in [9.17, 15) is 0 Å². The van der Waals surface area contributed by atoms with Crippen molar-refractivity contribution in [2.45, 2.75) is 19.3 Å². The Labute approximate surface area is 307 Å². The minimum atomic E-state index is -0.262. The molecule has 0 radical (unpaired) electrons. The lowest BCUT2D eigenvalue weighted by Crippen LogP contribution is -2.17. The van der Waals surface area contributed by atoms with Gasteiger partial charge >= 0.3 is 0 Å². The highest BCUT2D eigenvalue weighted by molar-refractivity contribution is 6.28. The van der Waals surface area contributed by atoms with Crippen LogP contribution in [0.4, 0.5) is 0 Å². The Hall–Kier alpha value is -6.78. The van der Waals surface area contributed by atoms with Gasteiger partial charge in [0.05, 0.1) is 33.5 Å². The zero-order valence-corrected chi connectivity index (χ0v) is 29.5. The van der Waals surface area contributed by atoms with Crippen molar-refractivity contribution >= 4 is 43.6 Å². The van der Waals surface area contributed by atoms with Gasteiger partial charge in [-0.2, -0.15) is 0 Å². The predicted octanol–water partition coefficient (Wildman–Crippen LogP) is 12.3. The minimum absolute atomic E-state index is 0.262. The summed E-state index contributed by atoms with van der Waals surface area (Å²) in [5.41, 5.74) is 14.5. The molecular formula is C49H34N4. The van der Waals surface area contributed by atoms with Gasteiger partial charge in [-0.25, -0.2) is 9.97 Å². The van der Waals surface area contributed by atoms with Crippen molar-refractivity contribution in [2.24, 2.45) is 0 Å². The van der Waals surface area contributed by atoms with Gasteiger partial charge in [-0.15, -0.1) is 0 Å². The predicted molar refractivity (Wildman–Crippen MR) is 219 cm³/mol. The summed E-state index contributed by atoms with van der Waals surface area (Å²) in [6.07, 6.45) is 0. The van der Waals surface area contributed by atoms with Crippen molar-refractivity contribution in [3.8, 4) is 45.1 Å². The molecule has 0 fully saturated rings. The quantitative estimate of drug-likeness (QED) is 0.186. The standard InChI is InChI=1S/C49H34N4/c1-49(2)38-25-12-9-22-35(38)45-46(50-48(51-47(45)49)31-16-5-3-6-17-31)32-18-15-21-34(30-32)53-40-27-14-11-24-37(40)44-42(53)29-28-41-43(44)36-23-10-13-26-39(36)52(41)33-19-7-4-8-20-33/h3-30H,1-2H3. The maximum atomic E-state index is 5.38. The molecule has 3 aromatic heterocycles. The molecule has 0 saturated carbocycles. The highest BCUT2D eigenvalue weighted by atomic mass is 15.0. The topological polar surface area (TPSA) is 35.6 Å². The Balaban J connectivity index is 1.19. The van der Waals surface area contributed by atoms with Gasteiger partial charge in [-0.1, -0.05) is 135 Å². The third kappa shape index (κ3) is 4.24. The molecule has 53 heavy (non-hydrogen) atoms. The fourth-order valence-electron chi connectivity index (χ4n) is 8.91. The van der Waals surface area contributed by atoms with Crippen LogP contribution in [0.3, 0.4) is 0 Å². The van der Waals surface area contributed by atoms with Crippen LogP contribution in [0.1, 0.15) is 25.1 Å². The van der Waals surface area contributed by atoms with Crippen LogP contribution in [0.2, 0.25) is 0 Å². The second-order valence-electron chi connectivity index (χ2n) is 14.6. The average Bonchev–Trinajstić information content (AvgIpc) is 3.81. The Kier molecular flexibility index (Phi) is 6.27. The van der Waals surface area contributed by atoms with E-state index in [-0.39, 0.29) is 5.41 Å². The van der Waals surface area contributed by atoms with Gasteiger partial charge < -0.3 is 9.13 Å². The molecular weight excluding hydrogens is 645 g/mol. The largest absolute Gasteiger partial charge is 0.309 e. The molecule has 1 aliphatic carbocycles. The zero-order valence-electron chi connectivity index (χ0n) is 29.5. The van der Waals surface area contributed by atoms with E-state index in [0.717, 1.165) is 45.3 Å². The van der Waals surface area contributed by atoms with Gasteiger partial charge in [0, 0.05) is 55.0 Å². The van der Waals surface area contributed by atoms with E-state index < -0.39 is 0 Å². The molecule has 0 N–H and O–H groups in total. The van der Waals surface area contributed by atoms with Crippen LogP contribution in [-0.4, -0.2) is 19.1 Å². The lowest BCUT2D eigenvalue weighted by Gasteiger charge is -2.21. The number of para-hydroxylation sites is 3. The molecule has 4 nitrogen and oxygen atoms in total. The van der Waals surface area contributed by atoms with Crippen molar-refractivity contribution in [3.63, 3.8) is 0 Å². The number of fused-ring (bicyclic) bond motifs is 10. The monoisotopic (exact) mass is 678 g/mol. The number of hydrogen-bond donors (Lipinski definition) is 0. The molecule has 250 valence electrons. The summed E-state index contributed by atoms with van der Waals surface area (Å²) in [6, 6.07) is 60.9.